The molecule has 1 aromatic rings. The van der Waals surface area contributed by atoms with Gasteiger partial charge in [0.15, 0.2) is 0 Å². The maximum absolute atomic E-state index is 12.5. The fourth-order valence-electron chi connectivity index (χ4n) is 2.39. The van der Waals surface area contributed by atoms with E-state index in [-0.39, 0.29) is 17.6 Å². The smallest absolute Gasteiger partial charge is 0.381 e. The Hall–Kier alpha value is -1.61. The SMILES string of the molecule is COC1CCN(C(=O)c2ccc(S(=O)(=O)C(F)(F)F)cc2)CC1. The van der Waals surface area contributed by atoms with E-state index >= 15 is 0 Å². The van der Waals surface area contributed by atoms with Gasteiger partial charge in [-0.2, -0.15) is 13.2 Å². The molecule has 128 valence electrons. The zero-order valence-electron chi connectivity index (χ0n) is 12.3. The van der Waals surface area contributed by atoms with Crippen molar-refractivity contribution in [1.82, 2.24) is 4.90 Å². The summed E-state index contributed by atoms with van der Waals surface area (Å²) in [6, 6.07) is 3.81. The lowest BCUT2D eigenvalue weighted by Crippen LogP contribution is -2.40. The van der Waals surface area contributed by atoms with Gasteiger partial charge in [0, 0.05) is 25.8 Å². The van der Waals surface area contributed by atoms with Gasteiger partial charge in [0.25, 0.3) is 15.7 Å². The molecule has 1 fully saturated rings. The first-order valence-electron chi connectivity index (χ1n) is 6.90. The van der Waals surface area contributed by atoms with Crippen LogP contribution in [-0.2, 0) is 14.6 Å². The number of likely N-dealkylation sites (tertiary alicyclic amines) is 1. The first-order valence-corrected chi connectivity index (χ1v) is 8.38. The van der Waals surface area contributed by atoms with Gasteiger partial charge in [0.1, 0.15) is 0 Å². The highest BCUT2D eigenvalue weighted by Crippen LogP contribution is 2.30. The van der Waals surface area contributed by atoms with E-state index in [2.05, 4.69) is 0 Å². The van der Waals surface area contributed by atoms with E-state index in [0.717, 1.165) is 24.3 Å². The number of rotatable bonds is 3. The molecule has 0 aromatic heterocycles. The lowest BCUT2D eigenvalue weighted by Gasteiger charge is -2.31. The summed E-state index contributed by atoms with van der Waals surface area (Å²) in [6.45, 7) is 0.972. The van der Waals surface area contributed by atoms with Gasteiger partial charge in [-0.15, -0.1) is 0 Å². The molecule has 0 unspecified atom stereocenters. The number of halogens is 3. The van der Waals surface area contributed by atoms with Gasteiger partial charge < -0.3 is 9.64 Å². The molecule has 0 aliphatic carbocycles. The third-order valence-electron chi connectivity index (χ3n) is 3.78. The van der Waals surface area contributed by atoms with E-state index in [4.69, 9.17) is 4.74 Å². The molecule has 0 radical (unpaired) electrons. The maximum atomic E-state index is 12.5. The molecule has 23 heavy (non-hydrogen) atoms. The van der Waals surface area contributed by atoms with Crippen LogP contribution in [0.25, 0.3) is 0 Å². The number of sulfone groups is 1. The number of alkyl halides is 3. The lowest BCUT2D eigenvalue weighted by atomic mass is 10.1. The Morgan fingerprint density at radius 3 is 2.13 bits per heavy atom. The fourth-order valence-corrected chi connectivity index (χ4v) is 3.15. The van der Waals surface area contributed by atoms with Crippen LogP contribution in [0.15, 0.2) is 29.2 Å². The standard InChI is InChI=1S/C14H16F3NO4S/c1-22-11-6-8-18(9-7-11)13(19)10-2-4-12(5-3-10)23(20,21)14(15,16)17/h2-5,11H,6-9H2,1H3. The van der Waals surface area contributed by atoms with Gasteiger partial charge in [0.05, 0.1) is 11.0 Å². The zero-order chi connectivity index (χ0) is 17.3. The molecule has 0 spiro atoms. The first-order chi connectivity index (χ1) is 10.7. The highest BCUT2D eigenvalue weighted by Gasteiger charge is 2.46. The number of amides is 1. The van der Waals surface area contributed by atoms with Gasteiger partial charge in [-0.25, -0.2) is 8.42 Å². The highest BCUT2D eigenvalue weighted by atomic mass is 32.2. The van der Waals surface area contributed by atoms with Crippen LogP contribution >= 0.6 is 0 Å². The highest BCUT2D eigenvalue weighted by molar-refractivity contribution is 7.92. The van der Waals surface area contributed by atoms with E-state index in [1.165, 1.54) is 0 Å². The maximum Gasteiger partial charge on any atom is 0.501 e. The summed E-state index contributed by atoms with van der Waals surface area (Å²) < 4.78 is 65.1. The van der Waals surface area contributed by atoms with Crippen LogP contribution in [-0.4, -0.2) is 51.0 Å². The number of carbonyl (C=O) groups is 1. The van der Waals surface area contributed by atoms with Crippen molar-refractivity contribution in [2.24, 2.45) is 0 Å². The molecule has 1 aliphatic heterocycles. The van der Waals surface area contributed by atoms with Crippen LogP contribution < -0.4 is 0 Å². The van der Waals surface area contributed by atoms with Crippen LogP contribution in [0.4, 0.5) is 13.2 Å². The Morgan fingerprint density at radius 2 is 1.70 bits per heavy atom. The first kappa shape index (κ1) is 17.7. The zero-order valence-corrected chi connectivity index (χ0v) is 13.2. The summed E-state index contributed by atoms with van der Waals surface area (Å²) in [5, 5.41) is 0. The molecule has 9 heteroatoms. The predicted molar refractivity (Wildman–Crippen MR) is 75.6 cm³/mol. The summed E-state index contributed by atoms with van der Waals surface area (Å²) in [6.07, 6.45) is 1.46. The molecule has 1 saturated heterocycles. The molecule has 0 saturated carbocycles. The monoisotopic (exact) mass is 351 g/mol. The predicted octanol–water partition coefficient (Wildman–Crippen LogP) is 2.23. The van der Waals surface area contributed by atoms with Gasteiger partial charge in [-0.05, 0) is 37.1 Å². The van der Waals surface area contributed by atoms with Crippen molar-refractivity contribution < 1.29 is 31.1 Å². The van der Waals surface area contributed by atoms with E-state index in [1.54, 1.807) is 12.0 Å². The van der Waals surface area contributed by atoms with E-state index < -0.39 is 20.2 Å². The number of hydrogen-bond acceptors (Lipinski definition) is 4. The van der Waals surface area contributed by atoms with E-state index in [0.29, 0.717) is 25.9 Å². The second-order valence-corrected chi connectivity index (χ2v) is 7.14. The molecule has 1 heterocycles. The van der Waals surface area contributed by atoms with Crippen molar-refractivity contribution in [3.63, 3.8) is 0 Å². The summed E-state index contributed by atoms with van der Waals surface area (Å²) >= 11 is 0. The number of benzene rings is 1. The largest absolute Gasteiger partial charge is 0.501 e. The topological polar surface area (TPSA) is 63.7 Å². The molecule has 1 amide bonds. The number of piperidine rings is 1. The molecule has 0 N–H and O–H groups in total. The average molecular weight is 351 g/mol. The molecule has 1 aliphatic rings. The van der Waals surface area contributed by atoms with Crippen molar-refractivity contribution in [1.29, 1.82) is 0 Å². The van der Waals surface area contributed by atoms with E-state index in [9.17, 15) is 26.4 Å². The minimum atomic E-state index is -5.40. The Kier molecular flexibility index (Phi) is 5.00. The molecule has 0 atom stereocenters. The molecule has 2 rings (SSSR count). The normalized spacial score (nSPS) is 17.3. The third-order valence-corrected chi connectivity index (χ3v) is 5.28. The Balaban J connectivity index is 2.13. The second-order valence-electron chi connectivity index (χ2n) is 5.20. The number of ether oxygens (including phenoxy) is 1. The molecule has 0 bridgehead atoms. The molecule has 1 aromatic carbocycles. The lowest BCUT2D eigenvalue weighted by molar-refractivity contribution is -0.0436. The molecule has 5 nitrogen and oxygen atoms in total. The van der Waals surface area contributed by atoms with E-state index in [1.807, 2.05) is 0 Å². The van der Waals surface area contributed by atoms with Crippen molar-refractivity contribution in [3.05, 3.63) is 29.8 Å². The van der Waals surface area contributed by atoms with Crippen molar-refractivity contribution in [2.45, 2.75) is 29.3 Å². The van der Waals surface area contributed by atoms with Crippen LogP contribution in [0.1, 0.15) is 23.2 Å². The Bertz CT molecular complexity index is 662. The summed E-state index contributed by atoms with van der Waals surface area (Å²) in [7, 11) is -3.80. The molecular weight excluding hydrogens is 335 g/mol. The fraction of sp³-hybridized carbons (Fsp3) is 0.500. The third kappa shape index (κ3) is 3.66. The van der Waals surface area contributed by atoms with Crippen LogP contribution in [0.2, 0.25) is 0 Å². The quantitative estimate of drug-likeness (QED) is 0.838. The van der Waals surface area contributed by atoms with Gasteiger partial charge in [-0.1, -0.05) is 0 Å². The van der Waals surface area contributed by atoms with Crippen LogP contribution in [0, 0.1) is 0 Å². The summed E-state index contributed by atoms with van der Waals surface area (Å²) in [5.74, 6) is -0.337. The number of methoxy groups -OCH3 is 1. The van der Waals surface area contributed by atoms with Crippen molar-refractivity contribution in [2.75, 3.05) is 20.2 Å². The molecular formula is C14H16F3NO4S. The van der Waals surface area contributed by atoms with Crippen LogP contribution in [0.5, 0.6) is 0 Å². The van der Waals surface area contributed by atoms with Crippen molar-refractivity contribution in [3.8, 4) is 0 Å². The number of hydrogen-bond donors (Lipinski definition) is 0. The second kappa shape index (κ2) is 6.48. The minimum Gasteiger partial charge on any atom is -0.381 e. The number of carbonyl (C=O) groups excluding carboxylic acids is 1. The van der Waals surface area contributed by atoms with Crippen LogP contribution in [0.3, 0.4) is 0 Å². The Labute approximate surface area is 132 Å². The Morgan fingerprint density at radius 1 is 1.17 bits per heavy atom. The van der Waals surface area contributed by atoms with Gasteiger partial charge >= 0.3 is 5.51 Å². The van der Waals surface area contributed by atoms with Gasteiger partial charge in [0.2, 0.25) is 0 Å². The summed E-state index contributed by atoms with van der Waals surface area (Å²) in [4.78, 5) is 13.0. The van der Waals surface area contributed by atoms with Crippen molar-refractivity contribution >= 4 is 15.7 Å². The minimum absolute atomic E-state index is 0.0957. The summed E-state index contributed by atoms with van der Waals surface area (Å²) in [5.41, 5.74) is -5.21. The average Bonchev–Trinajstić information content (AvgIpc) is 2.53. The van der Waals surface area contributed by atoms with Gasteiger partial charge in [-0.3, -0.25) is 4.79 Å². The number of nitrogens with zero attached hydrogens (tertiary/aromatic N) is 1.